The van der Waals surface area contributed by atoms with Crippen molar-refractivity contribution in [3.63, 3.8) is 0 Å². The number of urea groups is 1. The zero-order valence-electron chi connectivity index (χ0n) is 67.0. The number of aliphatic carboxylic acids is 3. The number of aromatic hydroxyl groups is 3. The van der Waals surface area contributed by atoms with E-state index < -0.39 is 129 Å². The minimum atomic E-state index is -1.58. The summed E-state index contributed by atoms with van der Waals surface area (Å²) < 4.78 is 49.6. The van der Waals surface area contributed by atoms with Gasteiger partial charge in [-0.25, -0.2) is 14.4 Å². The Balaban J connectivity index is 0.850. The number of amides is 8. The van der Waals surface area contributed by atoms with Crippen molar-refractivity contribution in [2.24, 2.45) is 21.1 Å². The number of nitrogens with one attached hydrogen (secondary N) is 6. The third-order valence-electron chi connectivity index (χ3n) is 19.8. The van der Waals surface area contributed by atoms with Crippen LogP contribution >= 0.6 is 0 Å². The fourth-order valence-corrected chi connectivity index (χ4v) is 12.8. The molecule has 0 spiro atoms. The largest absolute Gasteiger partial charge is 0.503 e. The average molecular weight is 1640 g/mol. The average Bonchev–Trinajstić information content (AvgIpc) is 1.60. The van der Waals surface area contributed by atoms with Gasteiger partial charge in [0.05, 0.1) is 155 Å². The number of carboxylic acids is 3. The zero-order chi connectivity index (χ0) is 85.6. The number of ether oxygens (including phenoxy) is 8. The maximum absolute atomic E-state index is 14.5. The normalized spacial score (nSPS) is 12.3. The number of rotatable bonds is 56. The molecule has 5 aromatic rings. The first kappa shape index (κ1) is 94.9. The molecular formula is C80H110N10O27. The van der Waals surface area contributed by atoms with Gasteiger partial charge in [0.25, 0.3) is 0 Å². The molecule has 3 aromatic heterocycles. The van der Waals surface area contributed by atoms with Gasteiger partial charge in [0.15, 0.2) is 17.2 Å². The van der Waals surface area contributed by atoms with Gasteiger partial charge >= 0.3 is 23.9 Å². The van der Waals surface area contributed by atoms with Crippen molar-refractivity contribution in [1.82, 2.24) is 50.5 Å². The van der Waals surface area contributed by atoms with Crippen molar-refractivity contribution < 1.29 is 116 Å². The summed E-state index contributed by atoms with van der Waals surface area (Å²) in [4.78, 5) is 169. The summed E-state index contributed by atoms with van der Waals surface area (Å²) in [6.45, 7) is 7.39. The van der Waals surface area contributed by atoms with E-state index in [9.17, 15) is 87.9 Å². The van der Waals surface area contributed by atoms with E-state index >= 15 is 0 Å². The summed E-state index contributed by atoms with van der Waals surface area (Å²) in [5.74, 6) is -9.86. The van der Waals surface area contributed by atoms with Crippen LogP contribution < -0.4 is 48.2 Å². The molecule has 37 heteroatoms. The molecule has 2 atom stereocenters. The van der Waals surface area contributed by atoms with Crippen LogP contribution in [0.3, 0.4) is 0 Å². The summed E-state index contributed by atoms with van der Waals surface area (Å²) >= 11 is 0. The van der Waals surface area contributed by atoms with Crippen LogP contribution in [0.5, 0.6) is 17.2 Å². The van der Waals surface area contributed by atoms with Gasteiger partial charge in [-0.3, -0.25) is 52.8 Å². The van der Waals surface area contributed by atoms with Gasteiger partial charge in [-0.15, -0.1) is 0 Å². The second-order valence-electron chi connectivity index (χ2n) is 27.9. The number of carbonyl (C=O) groups excluding carboxylic acids is 7. The maximum Gasteiger partial charge on any atom is 0.326 e. The van der Waals surface area contributed by atoms with E-state index in [2.05, 4.69) is 31.9 Å². The molecule has 0 saturated carbocycles. The smallest absolute Gasteiger partial charge is 0.326 e. The third kappa shape index (κ3) is 30.9. The fourth-order valence-electron chi connectivity index (χ4n) is 12.8. The van der Waals surface area contributed by atoms with Crippen LogP contribution in [-0.2, 0) is 122 Å². The maximum atomic E-state index is 14.5. The van der Waals surface area contributed by atoms with Crippen LogP contribution in [0.2, 0.25) is 0 Å². The lowest BCUT2D eigenvalue weighted by Gasteiger charge is -2.35. The fraction of sp³-hybridized carbons (Fsp3) is 0.537. The van der Waals surface area contributed by atoms with Gasteiger partial charge in [0, 0.05) is 101 Å². The number of benzene rings is 2. The molecular weight excluding hydrogens is 1530 g/mol. The molecule has 3 heterocycles. The standard InChI is InChI=1S/C80H110N10O27/c1-51-45-63(91)73(101)60(87(51)4)48-81-66(94)20-25-80(26-21-67(95)82-49-61-74(102)64(92)46-52(2)88(61)5,27-22-68(96)83-50-62-75(103)65(93)47-53(3)89(62)6)86-69(97)23-29-110-31-33-112-35-37-114-39-41-116-43-44-117-42-40-115-38-36-113-34-32-111-30-24-70(98)90(76(104)72-56-15-9-7-13-54(56)55-14-8-10-16-57(55)72)28-12-11-17-58(77(105)106)84-79(109)85-59(78(107)108)18-19-71(99)100/h7-10,13-16,45-47,58-59,72,101-103H,11-12,17-44,48-50H2,1-6H3,(H,81,94)(H,82,95)(H,83,96)(H,86,97)(H,99,100)(H,105,106)(H,107,108)(H2,84,85,109). The molecule has 2 aromatic carbocycles. The Labute approximate surface area is 675 Å². The SMILES string of the molecule is Cc1cc(=O)c(O)c(CNC(=O)CCC(CCC(=O)NCc2c(O)c(=O)cc(C)n2C)(CCC(=O)NCc2c(O)c(=O)cc(C)n2C)NC(=O)CCOCCOCCOCCOCCOCCOCCOCCOCCC(=O)N(CCCCC(NC(=O)NC(CCC(=O)O)C(=O)O)C(=O)O)C(=O)C2c3ccccc3-c3ccccc32)n1C. The predicted octanol–water partition coefficient (Wildman–Crippen LogP) is 2.59. The van der Waals surface area contributed by atoms with E-state index in [0.717, 1.165) is 27.2 Å². The molecule has 0 bridgehead atoms. The van der Waals surface area contributed by atoms with Crippen molar-refractivity contribution in [1.29, 1.82) is 0 Å². The molecule has 37 nitrogen and oxygen atoms in total. The van der Waals surface area contributed by atoms with E-state index in [1.807, 2.05) is 48.5 Å². The van der Waals surface area contributed by atoms with Crippen molar-refractivity contribution in [3.8, 4) is 28.4 Å². The number of unbranched alkanes of at least 4 members (excludes halogenated alkanes) is 1. The van der Waals surface area contributed by atoms with E-state index in [0.29, 0.717) is 50.1 Å². The van der Waals surface area contributed by atoms with Gasteiger partial charge in [0.1, 0.15) is 12.1 Å². The number of nitrogens with zero attached hydrogens (tertiary/aromatic N) is 4. The minimum Gasteiger partial charge on any atom is -0.503 e. The van der Waals surface area contributed by atoms with Gasteiger partial charge in [-0.2, -0.15) is 0 Å². The van der Waals surface area contributed by atoms with Crippen LogP contribution in [0.1, 0.15) is 135 Å². The quantitative estimate of drug-likeness (QED) is 0.0249. The number of carboxylic acid groups (broad SMARTS) is 3. The number of carbonyl (C=O) groups is 10. The lowest BCUT2D eigenvalue weighted by molar-refractivity contribution is -0.147. The summed E-state index contributed by atoms with van der Waals surface area (Å²) in [6.07, 6.45) is -2.43. The highest BCUT2D eigenvalue weighted by atomic mass is 16.6. The van der Waals surface area contributed by atoms with E-state index in [-0.39, 0.29) is 187 Å². The van der Waals surface area contributed by atoms with Crippen LogP contribution in [0.15, 0.2) is 81.1 Å². The van der Waals surface area contributed by atoms with Crippen molar-refractivity contribution in [2.75, 3.05) is 112 Å². The number of aromatic nitrogens is 3. The molecule has 0 aliphatic heterocycles. The summed E-state index contributed by atoms with van der Waals surface area (Å²) in [5, 5.41) is 75.3. The highest BCUT2D eigenvalue weighted by Crippen LogP contribution is 2.45. The molecule has 642 valence electrons. The van der Waals surface area contributed by atoms with Crippen LogP contribution in [0.25, 0.3) is 11.1 Å². The molecule has 12 N–H and O–H groups in total. The first-order chi connectivity index (χ1) is 55.9. The Morgan fingerprint density at radius 3 is 1.12 bits per heavy atom. The van der Waals surface area contributed by atoms with E-state index in [1.165, 1.54) is 18.2 Å². The second kappa shape index (κ2) is 49.2. The Bertz CT molecular complexity index is 4120. The molecule has 0 saturated heterocycles. The number of imide groups is 1. The third-order valence-corrected chi connectivity index (χ3v) is 19.8. The molecule has 117 heavy (non-hydrogen) atoms. The lowest BCUT2D eigenvalue weighted by atomic mass is 9.83. The van der Waals surface area contributed by atoms with Crippen LogP contribution in [-0.4, -0.2) is 238 Å². The Morgan fingerprint density at radius 1 is 0.436 bits per heavy atom. The summed E-state index contributed by atoms with van der Waals surface area (Å²) in [5.41, 5.74) is 1.82. The summed E-state index contributed by atoms with van der Waals surface area (Å²) in [6, 6.07) is 14.4. The minimum absolute atomic E-state index is 0.0397. The molecule has 1 aliphatic carbocycles. The first-order valence-electron chi connectivity index (χ1n) is 38.6. The van der Waals surface area contributed by atoms with Crippen molar-refractivity contribution >= 4 is 59.4 Å². The number of hydrogen-bond acceptors (Lipinski definition) is 24. The Morgan fingerprint density at radius 2 is 0.769 bits per heavy atom. The van der Waals surface area contributed by atoms with Gasteiger partial charge in [-0.1, -0.05) is 48.5 Å². The van der Waals surface area contributed by atoms with Gasteiger partial charge < -0.3 is 114 Å². The second-order valence-corrected chi connectivity index (χ2v) is 27.9. The highest BCUT2D eigenvalue weighted by Gasteiger charge is 2.39. The number of fused-ring (bicyclic) bond motifs is 3. The molecule has 2 unspecified atom stereocenters. The van der Waals surface area contributed by atoms with Crippen molar-refractivity contribution in [2.45, 2.75) is 147 Å². The Kier molecular flexibility index (Phi) is 39.9. The highest BCUT2D eigenvalue weighted by molar-refractivity contribution is 6.04. The van der Waals surface area contributed by atoms with Gasteiger partial charge in [-0.05, 0) is 88.0 Å². The lowest BCUT2D eigenvalue weighted by Crippen LogP contribution is -2.51. The zero-order valence-corrected chi connectivity index (χ0v) is 67.0. The molecule has 1 aliphatic rings. The molecule has 0 fully saturated rings. The topological polar surface area (TPSA) is 507 Å². The van der Waals surface area contributed by atoms with E-state index in [4.69, 9.17) is 43.0 Å². The van der Waals surface area contributed by atoms with Crippen LogP contribution in [0, 0.1) is 20.8 Å². The first-order valence-corrected chi connectivity index (χ1v) is 38.6. The Hall–Kier alpha value is -10.9. The van der Waals surface area contributed by atoms with E-state index in [1.54, 1.807) is 55.6 Å². The van der Waals surface area contributed by atoms with Gasteiger partial charge in [0.2, 0.25) is 51.7 Å². The molecule has 8 amide bonds. The predicted molar refractivity (Wildman–Crippen MR) is 420 cm³/mol. The van der Waals surface area contributed by atoms with Crippen molar-refractivity contribution in [3.05, 3.63) is 143 Å². The monoisotopic (exact) mass is 1640 g/mol. The molecule has 6 rings (SSSR count). The van der Waals surface area contributed by atoms with Crippen LogP contribution in [0.4, 0.5) is 4.79 Å². The number of aryl methyl sites for hydroxylation is 3. The summed E-state index contributed by atoms with van der Waals surface area (Å²) in [7, 11) is 4.84. The number of pyridine rings is 3. The molecule has 0 radical (unpaired) electrons. The number of hydrogen-bond donors (Lipinski definition) is 12.